The van der Waals surface area contributed by atoms with E-state index in [2.05, 4.69) is 4.98 Å². The van der Waals surface area contributed by atoms with Crippen LogP contribution in [0.4, 0.5) is 5.82 Å². The Labute approximate surface area is 171 Å². The van der Waals surface area contributed by atoms with E-state index >= 15 is 0 Å². The Morgan fingerprint density at radius 3 is 2.45 bits per heavy atom. The number of carbonyl (C=O) groups excluding carboxylic acids is 1. The maximum atomic E-state index is 12.8. The highest BCUT2D eigenvalue weighted by Gasteiger charge is 2.23. The number of benzene rings is 1. The summed E-state index contributed by atoms with van der Waals surface area (Å²) in [6.07, 6.45) is 0. The number of aryl methyl sites for hydroxylation is 2. The van der Waals surface area contributed by atoms with Crippen LogP contribution in [-0.4, -0.2) is 25.7 Å². The van der Waals surface area contributed by atoms with E-state index in [0.717, 1.165) is 27.6 Å². The second-order valence-corrected chi connectivity index (χ2v) is 7.42. The largest absolute Gasteiger partial charge is 0.437 e. The number of nitrogens with two attached hydrogens (primary N) is 1. The maximum absolute atomic E-state index is 12.8. The van der Waals surface area contributed by atoms with E-state index in [1.165, 1.54) is 4.57 Å². The molecule has 0 unspecified atom stereocenters. The van der Waals surface area contributed by atoms with Gasteiger partial charge in [0, 0.05) is 6.54 Å². The summed E-state index contributed by atoms with van der Waals surface area (Å²) in [5.74, 6) is -0.00956. The van der Waals surface area contributed by atoms with E-state index < -0.39 is 17.0 Å². The van der Waals surface area contributed by atoms with Crippen LogP contribution in [-0.2, 0) is 13.1 Å². The number of ketones is 1. The summed E-state index contributed by atoms with van der Waals surface area (Å²) in [4.78, 5) is 42.6. The molecule has 3 aromatic rings. The van der Waals surface area contributed by atoms with Crippen molar-refractivity contribution in [2.45, 2.75) is 39.1 Å². The third kappa shape index (κ3) is 4.19. The molecular formula is C20H22N4O4S. The van der Waals surface area contributed by atoms with Crippen molar-refractivity contribution in [1.82, 2.24) is 14.1 Å². The van der Waals surface area contributed by atoms with Gasteiger partial charge in [0.1, 0.15) is 17.1 Å². The summed E-state index contributed by atoms with van der Waals surface area (Å²) in [5, 5.41) is 0.348. The molecule has 0 aliphatic rings. The molecule has 29 heavy (non-hydrogen) atoms. The first-order valence-electron chi connectivity index (χ1n) is 9.10. The van der Waals surface area contributed by atoms with Gasteiger partial charge in [0.15, 0.2) is 5.78 Å². The molecule has 8 nitrogen and oxygen atoms in total. The van der Waals surface area contributed by atoms with E-state index in [4.69, 9.17) is 10.2 Å². The molecule has 0 fully saturated rings. The Morgan fingerprint density at radius 2 is 1.86 bits per heavy atom. The average molecular weight is 414 g/mol. The third-order valence-electron chi connectivity index (χ3n) is 4.58. The molecule has 1 aromatic carbocycles. The minimum atomic E-state index is -0.676. The number of oxazole rings is 1. The molecule has 0 aliphatic carbocycles. The van der Waals surface area contributed by atoms with Gasteiger partial charge in [0.25, 0.3) is 10.8 Å². The summed E-state index contributed by atoms with van der Waals surface area (Å²) < 4.78 is 7.74. The summed E-state index contributed by atoms with van der Waals surface area (Å²) in [5.41, 5.74) is 6.31. The van der Waals surface area contributed by atoms with Crippen molar-refractivity contribution in [3.05, 3.63) is 73.8 Å². The van der Waals surface area contributed by atoms with Crippen LogP contribution >= 0.6 is 11.8 Å². The average Bonchev–Trinajstić information content (AvgIpc) is 3.02. The topological polar surface area (TPSA) is 113 Å². The van der Waals surface area contributed by atoms with Gasteiger partial charge in [0.05, 0.1) is 18.0 Å². The number of hydrogen-bond acceptors (Lipinski definition) is 7. The summed E-state index contributed by atoms with van der Waals surface area (Å²) >= 11 is 1.08. The van der Waals surface area contributed by atoms with Crippen molar-refractivity contribution in [2.24, 2.45) is 0 Å². The lowest BCUT2D eigenvalue weighted by Gasteiger charge is -2.15. The maximum Gasteiger partial charge on any atom is 0.332 e. The predicted octanol–water partition coefficient (Wildman–Crippen LogP) is 2.24. The summed E-state index contributed by atoms with van der Waals surface area (Å²) in [6, 6.07) is 9.24. The van der Waals surface area contributed by atoms with Crippen LogP contribution in [0.15, 0.2) is 49.6 Å². The van der Waals surface area contributed by atoms with Crippen LogP contribution in [0.1, 0.15) is 34.3 Å². The van der Waals surface area contributed by atoms with Gasteiger partial charge in [-0.05, 0) is 26.3 Å². The van der Waals surface area contributed by atoms with Gasteiger partial charge in [-0.15, -0.1) is 0 Å². The minimum Gasteiger partial charge on any atom is -0.437 e. The Morgan fingerprint density at radius 1 is 1.17 bits per heavy atom. The zero-order valence-electron chi connectivity index (χ0n) is 16.5. The van der Waals surface area contributed by atoms with Crippen LogP contribution in [0.3, 0.4) is 0 Å². The second kappa shape index (κ2) is 8.52. The Balaban J connectivity index is 1.98. The molecule has 9 heteroatoms. The smallest absolute Gasteiger partial charge is 0.332 e. The Hall–Kier alpha value is -3.07. The van der Waals surface area contributed by atoms with E-state index in [0.29, 0.717) is 11.0 Å². The monoisotopic (exact) mass is 414 g/mol. The number of Topliss-reactive ketones (excluding diaryl/α,β-unsaturated/α-hetero) is 1. The molecule has 0 radical (unpaired) electrons. The molecular weight excluding hydrogens is 392 g/mol. The van der Waals surface area contributed by atoms with Crippen molar-refractivity contribution in [1.29, 1.82) is 0 Å². The van der Waals surface area contributed by atoms with Gasteiger partial charge in [0.2, 0.25) is 0 Å². The van der Waals surface area contributed by atoms with Crippen LogP contribution in [0.25, 0.3) is 0 Å². The molecule has 0 saturated carbocycles. The fourth-order valence-electron chi connectivity index (χ4n) is 2.88. The van der Waals surface area contributed by atoms with E-state index in [1.54, 1.807) is 13.8 Å². The van der Waals surface area contributed by atoms with Gasteiger partial charge < -0.3 is 10.2 Å². The fraction of sp³-hybridized carbons (Fsp3) is 0.300. The highest BCUT2D eigenvalue weighted by atomic mass is 32.2. The first-order chi connectivity index (χ1) is 13.8. The van der Waals surface area contributed by atoms with Gasteiger partial charge in [-0.2, -0.15) is 0 Å². The Kier molecular flexibility index (Phi) is 6.07. The minimum absolute atomic E-state index is 0.0773. The van der Waals surface area contributed by atoms with Crippen molar-refractivity contribution < 1.29 is 9.21 Å². The number of thioether (sulfide) groups is 1. The molecule has 2 N–H and O–H groups in total. The molecule has 0 aliphatic heterocycles. The summed E-state index contributed by atoms with van der Waals surface area (Å²) in [6.45, 7) is 5.57. The van der Waals surface area contributed by atoms with Crippen molar-refractivity contribution in [3.8, 4) is 0 Å². The van der Waals surface area contributed by atoms with Crippen LogP contribution < -0.4 is 17.0 Å². The quantitative estimate of drug-likeness (QED) is 0.466. The fourth-order valence-corrected chi connectivity index (χ4v) is 3.66. The van der Waals surface area contributed by atoms with Crippen LogP contribution in [0.2, 0.25) is 0 Å². The number of nitrogen functional groups attached to an aromatic ring is 1. The highest BCUT2D eigenvalue weighted by Crippen LogP contribution is 2.21. The van der Waals surface area contributed by atoms with Gasteiger partial charge in [-0.3, -0.25) is 18.7 Å². The normalized spacial score (nSPS) is 11.0. The SMILES string of the molecule is CCn1c(=O)c(C(=O)CSc2nc(C)c(C)o2)c(N)n(Cc2ccccc2)c1=O. The molecule has 0 saturated heterocycles. The number of hydrogen-bond donors (Lipinski definition) is 1. The Bertz CT molecular complexity index is 1140. The van der Waals surface area contributed by atoms with Crippen LogP contribution in [0, 0.1) is 13.8 Å². The molecule has 0 bridgehead atoms. The zero-order valence-corrected chi connectivity index (χ0v) is 17.3. The van der Waals surface area contributed by atoms with Crippen LogP contribution in [0.5, 0.6) is 0 Å². The first kappa shape index (κ1) is 20.7. The highest BCUT2D eigenvalue weighted by molar-refractivity contribution is 7.99. The van der Waals surface area contributed by atoms with Crippen molar-refractivity contribution >= 4 is 23.4 Å². The lowest BCUT2D eigenvalue weighted by molar-refractivity contribution is 0.102. The number of nitrogens with zero attached hydrogens (tertiary/aromatic N) is 3. The van der Waals surface area contributed by atoms with E-state index in [-0.39, 0.29) is 30.2 Å². The third-order valence-corrected chi connectivity index (χ3v) is 5.41. The molecule has 152 valence electrons. The van der Waals surface area contributed by atoms with E-state index in [1.807, 2.05) is 37.3 Å². The number of rotatable bonds is 7. The molecule has 2 aromatic heterocycles. The number of carbonyl (C=O) groups is 1. The van der Waals surface area contributed by atoms with Gasteiger partial charge in [-0.1, -0.05) is 42.1 Å². The van der Waals surface area contributed by atoms with Gasteiger partial charge >= 0.3 is 5.69 Å². The standard InChI is InChI=1S/C20H22N4O4S/c1-4-23-18(26)16(15(25)11-29-19-22-12(2)13(3)28-19)17(21)24(20(23)27)10-14-8-6-5-7-9-14/h5-9H,4,10-11,21H2,1-3H3. The van der Waals surface area contributed by atoms with Gasteiger partial charge in [-0.25, -0.2) is 9.78 Å². The van der Waals surface area contributed by atoms with Crippen molar-refractivity contribution in [2.75, 3.05) is 11.5 Å². The number of anilines is 1. The summed E-state index contributed by atoms with van der Waals surface area (Å²) in [7, 11) is 0. The zero-order chi connectivity index (χ0) is 21.1. The molecule has 0 spiro atoms. The second-order valence-electron chi connectivity index (χ2n) is 6.50. The molecule has 3 rings (SSSR count). The molecule has 0 atom stereocenters. The predicted molar refractivity (Wildman–Crippen MR) is 112 cm³/mol. The number of aromatic nitrogens is 3. The van der Waals surface area contributed by atoms with E-state index in [9.17, 15) is 14.4 Å². The first-order valence-corrected chi connectivity index (χ1v) is 10.1. The lowest BCUT2D eigenvalue weighted by Crippen LogP contribution is -2.44. The van der Waals surface area contributed by atoms with Crippen molar-refractivity contribution in [3.63, 3.8) is 0 Å². The molecule has 2 heterocycles. The lowest BCUT2D eigenvalue weighted by atomic mass is 10.2. The molecule has 0 amide bonds.